The molecule has 0 saturated heterocycles. The molecule has 4 aromatic rings. The van der Waals surface area contributed by atoms with Gasteiger partial charge in [-0.25, -0.2) is 0 Å². The Morgan fingerprint density at radius 1 is 0.577 bits per heavy atom. The average Bonchev–Trinajstić information content (AvgIpc) is 2.75. The Hall–Kier alpha value is -2.83. The summed E-state index contributed by atoms with van der Waals surface area (Å²) >= 11 is 0. The van der Waals surface area contributed by atoms with Crippen molar-refractivity contribution >= 4 is 23.2 Å². The van der Waals surface area contributed by atoms with Gasteiger partial charge in [-0.1, -0.05) is 54.6 Å². The molecular formula is C23H20N2P+. The van der Waals surface area contributed by atoms with Crippen molar-refractivity contribution in [2.75, 3.05) is 0 Å². The summed E-state index contributed by atoms with van der Waals surface area (Å²) in [7, 11) is -1.88. The molecule has 0 bridgehead atoms. The van der Waals surface area contributed by atoms with Crippen LogP contribution in [0.3, 0.4) is 0 Å². The van der Waals surface area contributed by atoms with E-state index in [1.807, 2.05) is 6.20 Å². The lowest BCUT2D eigenvalue weighted by atomic mass is 10.4. The maximum Gasteiger partial charge on any atom is 0.118 e. The number of aromatic nitrogens is 2. The van der Waals surface area contributed by atoms with Crippen LogP contribution in [0.5, 0.6) is 0 Å². The first kappa shape index (κ1) is 16.6. The Bertz CT molecular complexity index is 846. The van der Waals surface area contributed by atoms with Crippen molar-refractivity contribution in [1.82, 2.24) is 9.97 Å². The van der Waals surface area contributed by atoms with Crippen LogP contribution in [0.15, 0.2) is 110 Å². The first-order valence-electron chi connectivity index (χ1n) is 8.69. The van der Waals surface area contributed by atoms with Crippen LogP contribution in [0.2, 0.25) is 0 Å². The number of benzene rings is 3. The lowest BCUT2D eigenvalue weighted by Crippen LogP contribution is -2.32. The second-order valence-corrected chi connectivity index (χ2v) is 9.66. The van der Waals surface area contributed by atoms with Gasteiger partial charge in [0.1, 0.15) is 29.3 Å². The van der Waals surface area contributed by atoms with Crippen molar-refractivity contribution < 1.29 is 0 Å². The van der Waals surface area contributed by atoms with Crippen LogP contribution in [0, 0.1) is 0 Å². The van der Waals surface area contributed by atoms with Crippen LogP contribution < -0.4 is 15.9 Å². The van der Waals surface area contributed by atoms with E-state index in [2.05, 4.69) is 101 Å². The van der Waals surface area contributed by atoms with E-state index in [9.17, 15) is 0 Å². The van der Waals surface area contributed by atoms with Crippen LogP contribution in [0.4, 0.5) is 0 Å². The van der Waals surface area contributed by atoms with Gasteiger partial charge in [0.05, 0.1) is 11.9 Å². The molecule has 0 aliphatic carbocycles. The lowest BCUT2D eigenvalue weighted by Gasteiger charge is -2.27. The number of hydrogen-bond acceptors (Lipinski definition) is 2. The van der Waals surface area contributed by atoms with Gasteiger partial charge in [0.2, 0.25) is 0 Å². The SMILES string of the molecule is c1ccc([P+](Cc2cnccn2)(c2ccccc2)c2ccccc2)cc1. The standard InChI is InChI=1S/C23H20N2P/c1-4-10-21(11-5-1)26(22-12-6-2-7-13-22,23-14-8-3-9-15-23)19-20-18-24-16-17-25-20/h1-18H,19H2/q+1. The van der Waals surface area contributed by atoms with Crippen LogP contribution >= 0.6 is 7.26 Å². The summed E-state index contributed by atoms with van der Waals surface area (Å²) in [5, 5.41) is 4.09. The highest BCUT2D eigenvalue weighted by Crippen LogP contribution is 2.57. The van der Waals surface area contributed by atoms with Gasteiger partial charge in [0.15, 0.2) is 0 Å². The van der Waals surface area contributed by atoms with Gasteiger partial charge >= 0.3 is 0 Å². The zero-order chi connectivity index (χ0) is 17.7. The van der Waals surface area contributed by atoms with E-state index < -0.39 is 7.26 Å². The smallest absolute Gasteiger partial charge is 0.118 e. The Labute approximate surface area is 154 Å². The molecule has 2 nitrogen and oxygen atoms in total. The molecule has 0 saturated carbocycles. The Kier molecular flexibility index (Phi) is 4.86. The molecule has 0 N–H and O–H groups in total. The second kappa shape index (κ2) is 7.59. The fourth-order valence-electron chi connectivity index (χ4n) is 3.42. The third-order valence-electron chi connectivity index (χ3n) is 4.61. The second-order valence-electron chi connectivity index (χ2n) is 6.17. The maximum atomic E-state index is 4.61. The highest BCUT2D eigenvalue weighted by Gasteiger charge is 2.45. The van der Waals surface area contributed by atoms with E-state index in [0.717, 1.165) is 11.9 Å². The molecule has 0 atom stereocenters. The molecule has 1 heterocycles. The van der Waals surface area contributed by atoms with Crippen molar-refractivity contribution in [3.8, 4) is 0 Å². The van der Waals surface area contributed by atoms with E-state index in [4.69, 9.17) is 0 Å². The first-order valence-corrected chi connectivity index (χ1v) is 10.7. The van der Waals surface area contributed by atoms with Gasteiger partial charge in [-0.2, -0.15) is 0 Å². The quantitative estimate of drug-likeness (QED) is 0.506. The fraction of sp³-hybridized carbons (Fsp3) is 0.0435. The predicted molar refractivity (Wildman–Crippen MR) is 111 cm³/mol. The fourth-order valence-corrected chi connectivity index (χ4v) is 7.56. The molecule has 3 aromatic carbocycles. The van der Waals surface area contributed by atoms with Gasteiger partial charge in [-0.3, -0.25) is 9.97 Å². The zero-order valence-electron chi connectivity index (χ0n) is 14.4. The monoisotopic (exact) mass is 355 g/mol. The molecule has 0 radical (unpaired) electrons. The van der Waals surface area contributed by atoms with E-state index in [1.54, 1.807) is 12.4 Å². The summed E-state index contributed by atoms with van der Waals surface area (Å²) in [6.07, 6.45) is 6.27. The molecule has 4 rings (SSSR count). The third-order valence-corrected chi connectivity index (χ3v) is 8.94. The molecule has 0 amide bonds. The first-order chi connectivity index (χ1) is 12.9. The molecule has 3 heteroatoms. The van der Waals surface area contributed by atoms with Crippen molar-refractivity contribution in [3.63, 3.8) is 0 Å². The molecule has 26 heavy (non-hydrogen) atoms. The summed E-state index contributed by atoms with van der Waals surface area (Å²) in [5.41, 5.74) is 1.03. The summed E-state index contributed by atoms with van der Waals surface area (Å²) in [6.45, 7) is 0. The number of nitrogens with zero attached hydrogens (tertiary/aromatic N) is 2. The maximum absolute atomic E-state index is 4.61. The van der Waals surface area contributed by atoms with Gasteiger partial charge in [0.25, 0.3) is 0 Å². The van der Waals surface area contributed by atoms with Gasteiger partial charge < -0.3 is 0 Å². The summed E-state index contributed by atoms with van der Waals surface area (Å²) in [6, 6.07) is 32.6. The topological polar surface area (TPSA) is 25.8 Å². The van der Waals surface area contributed by atoms with E-state index in [-0.39, 0.29) is 0 Å². The molecule has 0 aliphatic heterocycles. The molecule has 0 fully saturated rings. The molecule has 0 unspecified atom stereocenters. The number of rotatable bonds is 5. The van der Waals surface area contributed by atoms with Gasteiger partial charge in [-0.05, 0) is 36.4 Å². The Balaban J connectivity index is 2.00. The van der Waals surface area contributed by atoms with E-state index in [1.165, 1.54) is 15.9 Å². The van der Waals surface area contributed by atoms with Crippen LogP contribution in [-0.4, -0.2) is 9.97 Å². The van der Waals surface area contributed by atoms with Crippen molar-refractivity contribution in [1.29, 1.82) is 0 Å². The largest absolute Gasteiger partial charge is 0.261 e. The zero-order valence-corrected chi connectivity index (χ0v) is 15.3. The highest BCUT2D eigenvalue weighted by atomic mass is 31.2. The van der Waals surface area contributed by atoms with Gasteiger partial charge in [0, 0.05) is 12.4 Å². The summed E-state index contributed by atoms with van der Waals surface area (Å²) in [4.78, 5) is 8.91. The predicted octanol–water partition coefficient (Wildman–Crippen LogP) is 3.97. The Morgan fingerprint density at radius 2 is 1.04 bits per heavy atom. The molecule has 126 valence electrons. The summed E-state index contributed by atoms with van der Waals surface area (Å²) in [5.74, 6) is 0. The average molecular weight is 355 g/mol. The molecular weight excluding hydrogens is 335 g/mol. The normalized spacial score (nSPS) is 11.2. The van der Waals surface area contributed by atoms with Gasteiger partial charge in [-0.15, -0.1) is 0 Å². The number of hydrogen-bond donors (Lipinski definition) is 0. The minimum absolute atomic E-state index is 0.860. The van der Waals surface area contributed by atoms with E-state index in [0.29, 0.717) is 0 Å². The van der Waals surface area contributed by atoms with Crippen molar-refractivity contribution in [3.05, 3.63) is 115 Å². The summed E-state index contributed by atoms with van der Waals surface area (Å²) < 4.78 is 0. The van der Waals surface area contributed by atoms with Crippen molar-refractivity contribution in [2.24, 2.45) is 0 Å². The Morgan fingerprint density at radius 3 is 1.42 bits per heavy atom. The minimum Gasteiger partial charge on any atom is -0.261 e. The minimum atomic E-state index is -1.88. The third kappa shape index (κ3) is 3.16. The molecule has 1 aromatic heterocycles. The van der Waals surface area contributed by atoms with Crippen LogP contribution in [-0.2, 0) is 6.16 Å². The molecule has 0 aliphatic rings. The lowest BCUT2D eigenvalue weighted by molar-refractivity contribution is 1.09. The van der Waals surface area contributed by atoms with Crippen LogP contribution in [0.25, 0.3) is 0 Å². The van der Waals surface area contributed by atoms with Crippen LogP contribution in [0.1, 0.15) is 5.69 Å². The van der Waals surface area contributed by atoms with Crippen molar-refractivity contribution in [2.45, 2.75) is 6.16 Å². The van der Waals surface area contributed by atoms with E-state index >= 15 is 0 Å². The molecule has 0 spiro atoms. The highest BCUT2D eigenvalue weighted by molar-refractivity contribution is 7.95.